The van der Waals surface area contributed by atoms with Crippen LogP contribution in [0.1, 0.15) is 30.5 Å². The molecule has 1 aliphatic rings. The number of aryl methyl sites for hydroxylation is 1. The van der Waals surface area contributed by atoms with Crippen LogP contribution in [0, 0.1) is 11.6 Å². The largest absolute Gasteiger partial charge is 0.352 e. The Hall–Kier alpha value is -2.48. The first-order chi connectivity index (χ1) is 13.5. The Kier molecular flexibility index (Phi) is 6.61. The number of aromatic nitrogens is 2. The van der Waals surface area contributed by atoms with Crippen LogP contribution in [0.5, 0.6) is 0 Å². The predicted octanol–water partition coefficient (Wildman–Crippen LogP) is 2.54. The van der Waals surface area contributed by atoms with Crippen molar-refractivity contribution in [1.82, 2.24) is 24.9 Å². The Morgan fingerprint density at radius 3 is 2.57 bits per heavy atom. The molecule has 2 heterocycles. The van der Waals surface area contributed by atoms with Crippen molar-refractivity contribution in [2.75, 3.05) is 33.2 Å². The minimum atomic E-state index is -0.538. The summed E-state index contributed by atoms with van der Waals surface area (Å²) in [4.78, 5) is 8.86. The predicted molar refractivity (Wildman–Crippen MR) is 106 cm³/mol. The summed E-state index contributed by atoms with van der Waals surface area (Å²) in [6, 6.07) is 3.83. The number of piperazine rings is 1. The van der Waals surface area contributed by atoms with Gasteiger partial charge in [0, 0.05) is 76.3 Å². The monoisotopic (exact) mass is 390 g/mol. The molecule has 28 heavy (non-hydrogen) atoms. The van der Waals surface area contributed by atoms with Gasteiger partial charge in [0.15, 0.2) is 5.96 Å². The van der Waals surface area contributed by atoms with Crippen LogP contribution >= 0.6 is 0 Å². The molecule has 8 heteroatoms. The average molecular weight is 390 g/mol. The maximum Gasteiger partial charge on any atom is 0.194 e. The zero-order chi connectivity index (χ0) is 20.1. The molecule has 0 bridgehead atoms. The summed E-state index contributed by atoms with van der Waals surface area (Å²) in [5.41, 5.74) is 1.66. The molecule has 1 atom stereocenters. The van der Waals surface area contributed by atoms with E-state index in [0.717, 1.165) is 50.2 Å². The standard InChI is InChI=1S/C20H28F2N6/c1-4-19(17-6-5-16(21)11-18(17)22)27-7-9-28(10-8-27)20(23-2)24-12-15-13-25-26(3)14-15/h5-6,11,13-14,19H,4,7-10,12H2,1-3H3,(H,23,24). The van der Waals surface area contributed by atoms with E-state index in [0.29, 0.717) is 12.1 Å². The molecule has 1 saturated heterocycles. The summed E-state index contributed by atoms with van der Waals surface area (Å²) in [7, 11) is 3.67. The van der Waals surface area contributed by atoms with Crippen molar-refractivity contribution in [2.45, 2.75) is 25.9 Å². The second-order valence-corrected chi connectivity index (χ2v) is 7.04. The summed E-state index contributed by atoms with van der Waals surface area (Å²) in [5, 5.41) is 7.55. The van der Waals surface area contributed by atoms with E-state index in [9.17, 15) is 8.78 Å². The van der Waals surface area contributed by atoms with Gasteiger partial charge in [-0.1, -0.05) is 13.0 Å². The molecule has 0 radical (unpaired) electrons. The average Bonchev–Trinajstić information content (AvgIpc) is 3.11. The molecule has 1 aliphatic heterocycles. The molecule has 0 aliphatic carbocycles. The highest BCUT2D eigenvalue weighted by atomic mass is 19.1. The molecule has 1 unspecified atom stereocenters. The van der Waals surface area contributed by atoms with Crippen molar-refractivity contribution >= 4 is 5.96 Å². The molecule has 2 aromatic rings. The molecule has 0 spiro atoms. The topological polar surface area (TPSA) is 48.7 Å². The van der Waals surface area contributed by atoms with Crippen LogP contribution in [0.15, 0.2) is 35.6 Å². The second kappa shape index (κ2) is 9.14. The van der Waals surface area contributed by atoms with Gasteiger partial charge in [0.2, 0.25) is 0 Å². The van der Waals surface area contributed by atoms with Crippen molar-refractivity contribution in [1.29, 1.82) is 0 Å². The molecule has 3 rings (SSSR count). The molecule has 1 aromatic carbocycles. The van der Waals surface area contributed by atoms with Gasteiger partial charge in [0.05, 0.1) is 6.20 Å². The highest BCUT2D eigenvalue weighted by molar-refractivity contribution is 5.80. The molecule has 1 fully saturated rings. The third-order valence-electron chi connectivity index (χ3n) is 5.18. The number of hydrogen-bond donors (Lipinski definition) is 1. The fraction of sp³-hybridized carbons (Fsp3) is 0.500. The number of benzene rings is 1. The summed E-state index contributed by atoms with van der Waals surface area (Å²) in [5.74, 6) is -0.155. The highest BCUT2D eigenvalue weighted by Crippen LogP contribution is 2.28. The summed E-state index contributed by atoms with van der Waals surface area (Å²) in [6.45, 7) is 5.89. The Morgan fingerprint density at radius 1 is 1.25 bits per heavy atom. The van der Waals surface area contributed by atoms with Gasteiger partial charge >= 0.3 is 0 Å². The van der Waals surface area contributed by atoms with E-state index < -0.39 is 11.6 Å². The lowest BCUT2D eigenvalue weighted by molar-refractivity contribution is 0.124. The normalized spacial score (nSPS) is 17.0. The summed E-state index contributed by atoms with van der Waals surface area (Å²) >= 11 is 0. The number of rotatable bonds is 5. The van der Waals surface area contributed by atoms with Crippen LogP contribution in [-0.4, -0.2) is 58.8 Å². The lowest BCUT2D eigenvalue weighted by atomic mass is 10.0. The van der Waals surface area contributed by atoms with E-state index in [1.165, 1.54) is 6.07 Å². The maximum absolute atomic E-state index is 14.3. The van der Waals surface area contributed by atoms with E-state index in [1.54, 1.807) is 17.8 Å². The van der Waals surface area contributed by atoms with Gasteiger partial charge in [-0.2, -0.15) is 5.10 Å². The Labute approximate surface area is 164 Å². The van der Waals surface area contributed by atoms with Crippen molar-refractivity contribution < 1.29 is 8.78 Å². The van der Waals surface area contributed by atoms with E-state index in [1.807, 2.05) is 26.4 Å². The van der Waals surface area contributed by atoms with Crippen LogP contribution in [0.25, 0.3) is 0 Å². The van der Waals surface area contributed by atoms with Crippen LogP contribution < -0.4 is 5.32 Å². The van der Waals surface area contributed by atoms with Crippen LogP contribution in [0.4, 0.5) is 8.78 Å². The number of aliphatic imine (C=N–C) groups is 1. The zero-order valence-electron chi connectivity index (χ0n) is 16.7. The van der Waals surface area contributed by atoms with Gasteiger partial charge in [-0.05, 0) is 12.5 Å². The molecule has 1 N–H and O–H groups in total. The maximum atomic E-state index is 14.3. The first kappa shape index (κ1) is 20.3. The minimum Gasteiger partial charge on any atom is -0.352 e. The first-order valence-corrected chi connectivity index (χ1v) is 9.64. The number of hydrogen-bond acceptors (Lipinski definition) is 3. The second-order valence-electron chi connectivity index (χ2n) is 7.04. The fourth-order valence-electron chi connectivity index (χ4n) is 3.77. The van der Waals surface area contributed by atoms with Crippen molar-refractivity contribution in [2.24, 2.45) is 12.0 Å². The van der Waals surface area contributed by atoms with E-state index >= 15 is 0 Å². The van der Waals surface area contributed by atoms with Gasteiger partial charge in [0.25, 0.3) is 0 Å². The molecule has 152 valence electrons. The smallest absolute Gasteiger partial charge is 0.194 e. The van der Waals surface area contributed by atoms with Crippen molar-refractivity contribution in [3.05, 3.63) is 53.4 Å². The molecule has 0 amide bonds. The van der Waals surface area contributed by atoms with Gasteiger partial charge in [-0.15, -0.1) is 0 Å². The van der Waals surface area contributed by atoms with Gasteiger partial charge < -0.3 is 10.2 Å². The Balaban J connectivity index is 1.58. The van der Waals surface area contributed by atoms with Crippen LogP contribution in [0.3, 0.4) is 0 Å². The van der Waals surface area contributed by atoms with Crippen LogP contribution in [-0.2, 0) is 13.6 Å². The Bertz CT molecular complexity index is 811. The van der Waals surface area contributed by atoms with Gasteiger partial charge in [0.1, 0.15) is 11.6 Å². The summed E-state index contributed by atoms with van der Waals surface area (Å²) in [6.07, 6.45) is 4.58. The van der Waals surface area contributed by atoms with E-state index in [-0.39, 0.29) is 6.04 Å². The van der Waals surface area contributed by atoms with Crippen molar-refractivity contribution in [3.8, 4) is 0 Å². The SMILES string of the molecule is CCC(c1ccc(F)cc1F)N1CCN(C(=NC)NCc2cnn(C)c2)CC1. The molecular weight excluding hydrogens is 362 g/mol. The quantitative estimate of drug-likeness (QED) is 0.630. The van der Waals surface area contributed by atoms with Gasteiger partial charge in [-0.25, -0.2) is 8.78 Å². The minimum absolute atomic E-state index is 0.0480. The Morgan fingerprint density at radius 2 is 2.00 bits per heavy atom. The number of nitrogens with one attached hydrogen (secondary N) is 1. The van der Waals surface area contributed by atoms with E-state index in [2.05, 4.69) is 25.2 Å². The van der Waals surface area contributed by atoms with E-state index in [4.69, 9.17) is 0 Å². The highest BCUT2D eigenvalue weighted by Gasteiger charge is 2.27. The molecular formula is C20H28F2N6. The zero-order valence-corrected chi connectivity index (χ0v) is 16.7. The third kappa shape index (κ3) is 4.67. The molecule has 6 nitrogen and oxygen atoms in total. The molecule has 1 aromatic heterocycles. The first-order valence-electron chi connectivity index (χ1n) is 9.64. The third-order valence-corrected chi connectivity index (χ3v) is 5.18. The number of halogens is 2. The molecule has 0 saturated carbocycles. The van der Waals surface area contributed by atoms with Crippen molar-refractivity contribution in [3.63, 3.8) is 0 Å². The lowest BCUT2D eigenvalue weighted by Gasteiger charge is -2.40. The van der Waals surface area contributed by atoms with Crippen LogP contribution in [0.2, 0.25) is 0 Å². The lowest BCUT2D eigenvalue weighted by Crippen LogP contribution is -2.53. The fourth-order valence-corrected chi connectivity index (χ4v) is 3.77. The number of guanidine groups is 1. The van der Waals surface area contributed by atoms with Gasteiger partial charge in [-0.3, -0.25) is 14.6 Å². The number of nitrogens with zero attached hydrogens (tertiary/aromatic N) is 5. The summed E-state index contributed by atoms with van der Waals surface area (Å²) < 4.78 is 29.3.